The number of halogens is 1. The molecule has 7 nitrogen and oxygen atoms in total. The summed E-state index contributed by atoms with van der Waals surface area (Å²) in [6, 6.07) is 11.3. The Labute approximate surface area is 177 Å². The minimum Gasteiger partial charge on any atom is -0.454 e. The molecule has 3 heterocycles. The Kier molecular flexibility index (Phi) is 4.69. The van der Waals surface area contributed by atoms with Gasteiger partial charge in [-0.1, -0.05) is 0 Å². The zero-order valence-corrected chi connectivity index (χ0v) is 16.8. The smallest absolute Gasteiger partial charge is 0.454 e. The number of rotatable bonds is 3. The maximum absolute atomic E-state index is 13.7. The molecule has 0 aliphatic carbocycles. The van der Waals surface area contributed by atoms with Crippen LogP contribution < -0.4 is 9.64 Å². The third-order valence-electron chi connectivity index (χ3n) is 5.61. The molecule has 0 saturated carbocycles. The first-order valence-electron chi connectivity index (χ1n) is 10.2. The average molecular weight is 421 g/mol. The van der Waals surface area contributed by atoms with Crippen molar-refractivity contribution in [2.75, 3.05) is 11.4 Å². The summed E-state index contributed by atoms with van der Waals surface area (Å²) >= 11 is 0. The lowest BCUT2D eigenvalue weighted by Crippen LogP contribution is -2.38. The first-order chi connectivity index (χ1) is 15.0. The Morgan fingerprint density at radius 1 is 1.16 bits per heavy atom. The van der Waals surface area contributed by atoms with Crippen LogP contribution in [0.3, 0.4) is 0 Å². The monoisotopic (exact) mass is 421 g/mol. The predicted molar refractivity (Wildman–Crippen MR) is 114 cm³/mol. The van der Waals surface area contributed by atoms with Gasteiger partial charge >= 0.3 is 6.16 Å². The topological polar surface area (TPSA) is 88.7 Å². The van der Waals surface area contributed by atoms with Crippen LogP contribution in [-0.4, -0.2) is 33.8 Å². The van der Waals surface area contributed by atoms with Gasteiger partial charge in [-0.15, -0.1) is 0 Å². The van der Waals surface area contributed by atoms with Gasteiger partial charge in [-0.25, -0.2) is 19.2 Å². The van der Waals surface area contributed by atoms with Crippen LogP contribution in [0.25, 0.3) is 33.5 Å². The quantitative estimate of drug-likeness (QED) is 0.339. The highest BCUT2D eigenvalue weighted by molar-refractivity contribution is 5.88. The van der Waals surface area contributed by atoms with Gasteiger partial charge in [0.1, 0.15) is 22.8 Å². The van der Waals surface area contributed by atoms with Crippen LogP contribution in [0.15, 0.2) is 46.9 Å². The first kappa shape index (κ1) is 19.3. The Bertz CT molecular complexity index is 1300. The second-order valence-electron chi connectivity index (χ2n) is 7.75. The second-order valence-corrected chi connectivity index (χ2v) is 7.75. The van der Waals surface area contributed by atoms with E-state index in [1.807, 2.05) is 6.07 Å². The van der Waals surface area contributed by atoms with Gasteiger partial charge < -0.3 is 19.2 Å². The molecule has 0 spiro atoms. The van der Waals surface area contributed by atoms with Crippen LogP contribution in [-0.2, 0) is 0 Å². The fourth-order valence-corrected chi connectivity index (χ4v) is 4.09. The van der Waals surface area contributed by atoms with Gasteiger partial charge in [0.25, 0.3) is 0 Å². The molecule has 4 aromatic rings. The number of benzene rings is 2. The van der Waals surface area contributed by atoms with Gasteiger partial charge in [-0.2, -0.15) is 0 Å². The lowest BCUT2D eigenvalue weighted by atomic mass is 10.0. The molecular formula is C23H20FN3O4. The third-order valence-corrected chi connectivity index (χ3v) is 5.61. The highest BCUT2D eigenvalue weighted by atomic mass is 19.1. The molecule has 1 aliphatic rings. The average Bonchev–Trinajstić information content (AvgIpc) is 3.16. The zero-order valence-electron chi connectivity index (χ0n) is 16.8. The molecule has 0 bridgehead atoms. The summed E-state index contributed by atoms with van der Waals surface area (Å²) in [5, 5.41) is 9.69. The van der Waals surface area contributed by atoms with E-state index >= 15 is 0 Å². The lowest BCUT2D eigenvalue weighted by molar-refractivity contribution is 0.144. The number of piperidine rings is 1. The number of hydrogen-bond donors (Lipinski definition) is 1. The van der Waals surface area contributed by atoms with E-state index in [4.69, 9.17) is 24.2 Å². The highest BCUT2D eigenvalue weighted by Gasteiger charge is 2.26. The molecule has 0 unspecified atom stereocenters. The van der Waals surface area contributed by atoms with E-state index in [2.05, 4.69) is 11.8 Å². The molecular weight excluding hydrogens is 401 g/mol. The lowest BCUT2D eigenvalue weighted by Gasteiger charge is -2.35. The third kappa shape index (κ3) is 3.65. The van der Waals surface area contributed by atoms with Crippen molar-refractivity contribution in [2.45, 2.75) is 32.2 Å². The maximum Gasteiger partial charge on any atom is 0.511 e. The van der Waals surface area contributed by atoms with E-state index in [-0.39, 0.29) is 17.6 Å². The predicted octanol–water partition coefficient (Wildman–Crippen LogP) is 5.62. The van der Waals surface area contributed by atoms with Crippen molar-refractivity contribution < 1.29 is 23.4 Å². The van der Waals surface area contributed by atoms with Gasteiger partial charge in [0.2, 0.25) is 0 Å². The molecule has 1 atom stereocenters. The fourth-order valence-electron chi connectivity index (χ4n) is 4.09. The van der Waals surface area contributed by atoms with Gasteiger partial charge in [-0.3, -0.25) is 0 Å². The van der Waals surface area contributed by atoms with Crippen LogP contribution in [0.4, 0.5) is 15.0 Å². The molecule has 5 rings (SSSR count). The number of nitrogens with zero attached hydrogens (tertiary/aromatic N) is 3. The summed E-state index contributed by atoms with van der Waals surface area (Å²) in [4.78, 5) is 22.7. The zero-order chi connectivity index (χ0) is 21.5. The highest BCUT2D eigenvalue weighted by Crippen LogP contribution is 2.36. The van der Waals surface area contributed by atoms with Gasteiger partial charge in [0.15, 0.2) is 11.6 Å². The second kappa shape index (κ2) is 7.54. The van der Waals surface area contributed by atoms with Crippen LogP contribution in [0.2, 0.25) is 0 Å². The number of aromatic nitrogens is 2. The number of carboxylic acid groups (broad SMARTS) is 1. The van der Waals surface area contributed by atoms with Crippen LogP contribution in [0.1, 0.15) is 26.2 Å². The molecule has 2 aromatic heterocycles. The number of hydrogen-bond acceptors (Lipinski definition) is 6. The summed E-state index contributed by atoms with van der Waals surface area (Å²) in [5.74, 6) is 0.980. The van der Waals surface area contributed by atoms with Crippen LogP contribution in [0.5, 0.6) is 5.75 Å². The van der Waals surface area contributed by atoms with Gasteiger partial charge in [0.05, 0.1) is 11.0 Å². The Morgan fingerprint density at radius 3 is 2.84 bits per heavy atom. The molecule has 8 heteroatoms. The Balaban J connectivity index is 1.70. The van der Waals surface area contributed by atoms with Crippen molar-refractivity contribution in [1.82, 2.24) is 9.97 Å². The van der Waals surface area contributed by atoms with Crippen LogP contribution >= 0.6 is 0 Å². The van der Waals surface area contributed by atoms with E-state index in [0.717, 1.165) is 31.2 Å². The van der Waals surface area contributed by atoms with E-state index in [0.29, 0.717) is 33.9 Å². The Hall–Kier alpha value is -3.68. The molecule has 1 aliphatic heterocycles. The van der Waals surface area contributed by atoms with Crippen molar-refractivity contribution in [3.05, 3.63) is 48.3 Å². The summed E-state index contributed by atoms with van der Waals surface area (Å²) in [6.45, 7) is 2.97. The number of anilines is 1. The van der Waals surface area contributed by atoms with Gasteiger partial charge in [0, 0.05) is 30.1 Å². The number of carbonyl (C=O) groups is 1. The standard InChI is InChI=1S/C23H20FN3O4/c1-13-4-2-3-9-27(13)22-21(20-10-14-5-6-15(24)11-19(14)31-20)25-17-8-7-16(30-23(28)29)12-18(17)26-22/h5-8,10-13H,2-4,9H2,1H3,(H,28,29)/t13-/m0/s1. The van der Waals surface area contributed by atoms with E-state index in [9.17, 15) is 9.18 Å². The summed E-state index contributed by atoms with van der Waals surface area (Å²) in [7, 11) is 0. The molecule has 31 heavy (non-hydrogen) atoms. The largest absolute Gasteiger partial charge is 0.511 e. The van der Waals surface area contributed by atoms with E-state index in [1.165, 1.54) is 18.2 Å². The number of furan rings is 1. The normalized spacial score (nSPS) is 16.7. The number of fused-ring (bicyclic) bond motifs is 2. The SMILES string of the molecule is C[C@H]1CCCCN1c1nc2cc(OC(=O)O)ccc2nc1-c1cc2ccc(F)cc2o1. The maximum atomic E-state index is 13.7. The molecule has 0 radical (unpaired) electrons. The van der Waals surface area contributed by atoms with Crippen molar-refractivity contribution in [2.24, 2.45) is 0 Å². The van der Waals surface area contributed by atoms with E-state index < -0.39 is 6.16 Å². The van der Waals surface area contributed by atoms with Gasteiger partial charge in [-0.05, 0) is 56.5 Å². The van der Waals surface area contributed by atoms with Crippen molar-refractivity contribution >= 4 is 34.0 Å². The minimum absolute atomic E-state index is 0.180. The molecule has 1 fully saturated rings. The molecule has 1 saturated heterocycles. The summed E-state index contributed by atoms with van der Waals surface area (Å²) < 4.78 is 24.4. The summed E-state index contributed by atoms with van der Waals surface area (Å²) in [5.41, 5.74) is 2.12. The van der Waals surface area contributed by atoms with Crippen LogP contribution in [0, 0.1) is 5.82 Å². The molecule has 2 aromatic carbocycles. The number of ether oxygens (including phenoxy) is 1. The minimum atomic E-state index is -1.39. The molecule has 1 N–H and O–H groups in total. The van der Waals surface area contributed by atoms with Crippen molar-refractivity contribution in [3.63, 3.8) is 0 Å². The molecule has 0 amide bonds. The van der Waals surface area contributed by atoms with E-state index in [1.54, 1.807) is 18.2 Å². The van der Waals surface area contributed by atoms with Crippen molar-refractivity contribution in [1.29, 1.82) is 0 Å². The fraction of sp³-hybridized carbons (Fsp3) is 0.261. The van der Waals surface area contributed by atoms with Crippen molar-refractivity contribution in [3.8, 4) is 17.2 Å². The first-order valence-corrected chi connectivity index (χ1v) is 10.2. The molecule has 158 valence electrons. The summed E-state index contributed by atoms with van der Waals surface area (Å²) in [6.07, 6.45) is 1.83. The Morgan fingerprint density at radius 2 is 2.03 bits per heavy atom.